The van der Waals surface area contributed by atoms with Crippen LogP contribution >= 0.6 is 0 Å². The molecule has 13 heavy (non-hydrogen) atoms. The van der Waals surface area contributed by atoms with E-state index in [9.17, 15) is 4.79 Å². The molecule has 3 rings (SSSR count). The number of hydrogen-bond acceptors (Lipinski definition) is 1. The average Bonchev–Trinajstić information content (AvgIpc) is 2.33. The van der Waals surface area contributed by atoms with Crippen LogP contribution in [0, 0.1) is 17.3 Å². The third kappa shape index (κ3) is 0.962. The molecule has 1 nitrogen and oxygen atoms in total. The standard InChI is InChI=1S/C12H16O/c13-10-3-4-11-9-2-1-6-12(11,8-10)7-5-9/h3-4,9,11H,1-2,5-8H2/t9-,11?,12+/m0/s1. The van der Waals surface area contributed by atoms with Gasteiger partial charge in [-0.3, -0.25) is 4.79 Å². The lowest BCUT2D eigenvalue weighted by molar-refractivity contribution is -0.118. The predicted molar refractivity (Wildman–Crippen MR) is 51.3 cm³/mol. The molecule has 2 saturated carbocycles. The van der Waals surface area contributed by atoms with Crippen LogP contribution in [0.4, 0.5) is 0 Å². The van der Waals surface area contributed by atoms with E-state index in [0.717, 1.165) is 18.3 Å². The molecule has 0 spiro atoms. The molecule has 3 aliphatic rings. The first-order chi connectivity index (χ1) is 6.30. The highest BCUT2D eigenvalue weighted by Crippen LogP contribution is 2.59. The highest BCUT2D eigenvalue weighted by Gasteiger charge is 2.51. The maximum atomic E-state index is 11.4. The molecule has 0 aliphatic heterocycles. The Bertz CT molecular complexity index is 275. The van der Waals surface area contributed by atoms with Gasteiger partial charge in [0.25, 0.3) is 0 Å². The summed E-state index contributed by atoms with van der Waals surface area (Å²) in [6.07, 6.45) is 11.7. The van der Waals surface area contributed by atoms with E-state index in [1.807, 2.05) is 6.08 Å². The lowest BCUT2D eigenvalue weighted by Crippen LogP contribution is -2.35. The lowest BCUT2D eigenvalue weighted by Gasteiger charge is -2.41. The van der Waals surface area contributed by atoms with Crippen molar-refractivity contribution in [2.24, 2.45) is 17.3 Å². The third-order valence-corrected chi connectivity index (χ3v) is 4.49. The minimum atomic E-state index is 0.374. The van der Waals surface area contributed by atoms with E-state index in [4.69, 9.17) is 0 Å². The van der Waals surface area contributed by atoms with E-state index in [1.54, 1.807) is 0 Å². The molecule has 1 unspecified atom stereocenters. The molecule has 0 aromatic carbocycles. The monoisotopic (exact) mass is 176 g/mol. The van der Waals surface area contributed by atoms with Gasteiger partial charge < -0.3 is 0 Å². The number of allylic oxidation sites excluding steroid dienone is 2. The van der Waals surface area contributed by atoms with Crippen LogP contribution < -0.4 is 0 Å². The van der Waals surface area contributed by atoms with Crippen molar-refractivity contribution in [3.8, 4) is 0 Å². The molecule has 70 valence electrons. The summed E-state index contributed by atoms with van der Waals surface area (Å²) in [6, 6.07) is 0. The Morgan fingerprint density at radius 1 is 1.31 bits per heavy atom. The van der Waals surface area contributed by atoms with Crippen molar-refractivity contribution in [2.75, 3.05) is 0 Å². The molecule has 0 radical (unpaired) electrons. The Hall–Kier alpha value is -0.590. The topological polar surface area (TPSA) is 17.1 Å². The van der Waals surface area contributed by atoms with Crippen LogP contribution in [0.15, 0.2) is 12.2 Å². The van der Waals surface area contributed by atoms with Gasteiger partial charge in [0.15, 0.2) is 5.78 Å². The molecule has 1 heteroatoms. The van der Waals surface area contributed by atoms with Crippen molar-refractivity contribution in [2.45, 2.75) is 38.5 Å². The zero-order chi connectivity index (χ0) is 8.89. The van der Waals surface area contributed by atoms with E-state index < -0.39 is 0 Å². The third-order valence-electron chi connectivity index (χ3n) is 4.49. The van der Waals surface area contributed by atoms with Crippen molar-refractivity contribution in [1.29, 1.82) is 0 Å². The quantitative estimate of drug-likeness (QED) is 0.554. The second-order valence-electron chi connectivity index (χ2n) is 5.08. The van der Waals surface area contributed by atoms with Crippen molar-refractivity contribution in [1.82, 2.24) is 0 Å². The van der Waals surface area contributed by atoms with E-state index in [2.05, 4.69) is 6.08 Å². The number of rotatable bonds is 0. The summed E-state index contributed by atoms with van der Waals surface area (Å²) in [5.41, 5.74) is 0.425. The molecular weight excluding hydrogens is 160 g/mol. The fourth-order valence-corrected chi connectivity index (χ4v) is 3.92. The molecular formula is C12H16O. The maximum Gasteiger partial charge on any atom is 0.155 e. The van der Waals surface area contributed by atoms with Crippen LogP contribution in [0.1, 0.15) is 38.5 Å². The normalized spacial score (nSPS) is 47.8. The average molecular weight is 176 g/mol. The van der Waals surface area contributed by atoms with Gasteiger partial charge in [-0.05, 0) is 49.0 Å². The molecule has 0 saturated heterocycles. The molecule has 3 atom stereocenters. The fourth-order valence-electron chi connectivity index (χ4n) is 3.92. The predicted octanol–water partition coefficient (Wildman–Crippen LogP) is 2.71. The number of carbonyl (C=O) groups is 1. The second-order valence-corrected chi connectivity index (χ2v) is 5.08. The van der Waals surface area contributed by atoms with Crippen molar-refractivity contribution in [3.63, 3.8) is 0 Å². The van der Waals surface area contributed by atoms with Gasteiger partial charge >= 0.3 is 0 Å². The second kappa shape index (κ2) is 2.46. The summed E-state index contributed by atoms with van der Waals surface area (Å²) in [5, 5.41) is 0. The summed E-state index contributed by atoms with van der Waals surface area (Å²) >= 11 is 0. The summed E-state index contributed by atoms with van der Waals surface area (Å²) < 4.78 is 0. The summed E-state index contributed by atoms with van der Waals surface area (Å²) in [7, 11) is 0. The van der Waals surface area contributed by atoms with E-state index in [1.165, 1.54) is 32.1 Å². The van der Waals surface area contributed by atoms with Crippen LogP contribution in [-0.2, 0) is 4.79 Å². The van der Waals surface area contributed by atoms with E-state index >= 15 is 0 Å². The minimum Gasteiger partial charge on any atom is -0.295 e. The Morgan fingerprint density at radius 2 is 2.23 bits per heavy atom. The van der Waals surface area contributed by atoms with Gasteiger partial charge in [0, 0.05) is 6.42 Å². The van der Waals surface area contributed by atoms with Gasteiger partial charge in [-0.25, -0.2) is 0 Å². The van der Waals surface area contributed by atoms with Gasteiger partial charge in [0.1, 0.15) is 0 Å². The summed E-state index contributed by atoms with van der Waals surface area (Å²) in [6.45, 7) is 0. The Morgan fingerprint density at radius 3 is 3.15 bits per heavy atom. The summed E-state index contributed by atoms with van der Waals surface area (Å²) in [5.74, 6) is 2.05. The Balaban J connectivity index is 2.02. The fraction of sp³-hybridized carbons (Fsp3) is 0.750. The van der Waals surface area contributed by atoms with Gasteiger partial charge in [0.2, 0.25) is 0 Å². The van der Waals surface area contributed by atoms with Crippen LogP contribution in [0.2, 0.25) is 0 Å². The highest BCUT2D eigenvalue weighted by molar-refractivity contribution is 5.91. The Kier molecular flexibility index (Phi) is 1.47. The summed E-state index contributed by atoms with van der Waals surface area (Å²) in [4.78, 5) is 11.4. The zero-order valence-electron chi connectivity index (χ0n) is 7.96. The number of hydrogen-bond donors (Lipinski definition) is 0. The van der Waals surface area contributed by atoms with Crippen molar-refractivity contribution < 1.29 is 4.79 Å². The molecule has 0 N–H and O–H groups in total. The van der Waals surface area contributed by atoms with Crippen LogP contribution in [0.3, 0.4) is 0 Å². The molecule has 2 bridgehead atoms. The van der Waals surface area contributed by atoms with Crippen LogP contribution in [0.5, 0.6) is 0 Å². The van der Waals surface area contributed by atoms with E-state index in [0.29, 0.717) is 11.2 Å². The molecule has 0 amide bonds. The van der Waals surface area contributed by atoms with Gasteiger partial charge in [-0.15, -0.1) is 0 Å². The molecule has 2 fully saturated rings. The zero-order valence-corrected chi connectivity index (χ0v) is 7.96. The molecule has 0 heterocycles. The van der Waals surface area contributed by atoms with Crippen LogP contribution in [-0.4, -0.2) is 5.78 Å². The largest absolute Gasteiger partial charge is 0.295 e. The first-order valence-electron chi connectivity index (χ1n) is 5.51. The first-order valence-corrected chi connectivity index (χ1v) is 5.51. The maximum absolute atomic E-state index is 11.4. The minimum absolute atomic E-state index is 0.374. The molecule has 3 aliphatic carbocycles. The highest BCUT2D eigenvalue weighted by atomic mass is 16.1. The van der Waals surface area contributed by atoms with Gasteiger partial charge in [-0.2, -0.15) is 0 Å². The number of ketones is 1. The van der Waals surface area contributed by atoms with Gasteiger partial charge in [-0.1, -0.05) is 12.5 Å². The molecule has 0 aromatic heterocycles. The lowest BCUT2D eigenvalue weighted by atomic mass is 9.63. The van der Waals surface area contributed by atoms with Crippen molar-refractivity contribution >= 4 is 5.78 Å². The first kappa shape index (κ1) is 7.78. The van der Waals surface area contributed by atoms with Crippen molar-refractivity contribution in [3.05, 3.63) is 12.2 Å². The molecule has 0 aromatic rings. The van der Waals surface area contributed by atoms with Crippen LogP contribution in [0.25, 0.3) is 0 Å². The number of carbonyl (C=O) groups excluding carboxylic acids is 1. The smallest absolute Gasteiger partial charge is 0.155 e. The SMILES string of the molecule is O=C1C=CC2[C@H]3CCC[C@@]2(CC3)C1. The van der Waals surface area contributed by atoms with E-state index in [-0.39, 0.29) is 0 Å². The van der Waals surface area contributed by atoms with Gasteiger partial charge in [0.05, 0.1) is 0 Å². The Labute approximate surface area is 79.2 Å².